The number of hydrogen-bond acceptors (Lipinski definition) is 7. The van der Waals surface area contributed by atoms with Crippen LogP contribution in [0.4, 0.5) is 0 Å². The number of aromatic nitrogens is 4. The molecule has 0 bridgehead atoms. The van der Waals surface area contributed by atoms with Crippen LogP contribution in [0, 0.1) is 0 Å². The molecule has 0 atom stereocenters. The van der Waals surface area contributed by atoms with Crippen molar-refractivity contribution in [1.29, 1.82) is 0 Å². The quantitative estimate of drug-likeness (QED) is 0.507. The van der Waals surface area contributed by atoms with Crippen molar-refractivity contribution in [2.45, 2.75) is 17.5 Å². The van der Waals surface area contributed by atoms with E-state index in [2.05, 4.69) is 20.3 Å². The molecule has 0 saturated carbocycles. The molecule has 0 saturated heterocycles. The van der Waals surface area contributed by atoms with Gasteiger partial charge in [-0.15, -0.1) is 5.10 Å². The molecule has 8 heteroatoms. The first-order valence-corrected chi connectivity index (χ1v) is 7.84. The second kappa shape index (κ2) is 7.10. The lowest BCUT2D eigenvalue weighted by Crippen LogP contribution is -2.05. The molecular formula is C15H14N4O3S. The van der Waals surface area contributed by atoms with E-state index in [0.29, 0.717) is 17.5 Å². The molecule has 0 radical (unpaired) electrons. The van der Waals surface area contributed by atoms with E-state index in [9.17, 15) is 4.79 Å². The van der Waals surface area contributed by atoms with E-state index in [1.54, 1.807) is 10.7 Å². The number of thioether (sulfide) groups is 1. The van der Waals surface area contributed by atoms with E-state index < -0.39 is 5.97 Å². The van der Waals surface area contributed by atoms with Crippen LogP contribution in [0.3, 0.4) is 0 Å². The highest BCUT2D eigenvalue weighted by Gasteiger charge is 2.17. The molecule has 0 N–H and O–H groups in total. The fourth-order valence-electron chi connectivity index (χ4n) is 2.02. The zero-order valence-electron chi connectivity index (χ0n) is 12.4. The Morgan fingerprint density at radius 3 is 2.91 bits per heavy atom. The van der Waals surface area contributed by atoms with Crippen molar-refractivity contribution in [2.75, 3.05) is 7.11 Å². The van der Waals surface area contributed by atoms with Crippen LogP contribution in [0.15, 0.2) is 52.2 Å². The summed E-state index contributed by atoms with van der Waals surface area (Å²) < 4.78 is 11.6. The van der Waals surface area contributed by atoms with Crippen molar-refractivity contribution < 1.29 is 13.9 Å². The molecule has 0 aliphatic carbocycles. The Bertz CT molecular complexity index is 785. The maximum atomic E-state index is 11.6. The molecule has 0 aliphatic rings. The standard InChI is InChI=1S/C15H14N4O3S/c1-21-14(20)13-12(7-8-22-13)10-23-15-16-17-18-19(15)9-11-5-3-2-4-6-11/h2-8H,9-10H2,1H3. The summed E-state index contributed by atoms with van der Waals surface area (Å²) in [4.78, 5) is 11.6. The highest BCUT2D eigenvalue weighted by Crippen LogP contribution is 2.24. The third-order valence-corrected chi connectivity index (χ3v) is 4.15. The van der Waals surface area contributed by atoms with Gasteiger partial charge < -0.3 is 9.15 Å². The van der Waals surface area contributed by atoms with Gasteiger partial charge in [0.15, 0.2) is 0 Å². The van der Waals surface area contributed by atoms with Gasteiger partial charge >= 0.3 is 5.97 Å². The summed E-state index contributed by atoms with van der Waals surface area (Å²) in [6, 6.07) is 11.7. The van der Waals surface area contributed by atoms with E-state index in [1.807, 2.05) is 30.3 Å². The zero-order chi connectivity index (χ0) is 16.1. The molecule has 0 aliphatic heterocycles. The molecule has 2 aromatic heterocycles. The van der Waals surface area contributed by atoms with Crippen LogP contribution in [0.25, 0.3) is 0 Å². The van der Waals surface area contributed by atoms with Gasteiger partial charge in [0, 0.05) is 11.3 Å². The molecule has 0 unspecified atom stereocenters. The minimum absolute atomic E-state index is 0.210. The number of carbonyl (C=O) groups excluding carboxylic acids is 1. The first kappa shape index (κ1) is 15.3. The molecule has 23 heavy (non-hydrogen) atoms. The molecule has 3 rings (SSSR count). The predicted molar refractivity (Wildman–Crippen MR) is 83.0 cm³/mol. The second-order valence-corrected chi connectivity index (χ2v) is 5.60. The first-order chi connectivity index (χ1) is 11.3. The molecule has 0 amide bonds. The average Bonchev–Trinajstić information content (AvgIpc) is 3.22. The van der Waals surface area contributed by atoms with Gasteiger partial charge in [-0.25, -0.2) is 9.48 Å². The Labute approximate surface area is 136 Å². The topological polar surface area (TPSA) is 83.0 Å². The maximum absolute atomic E-state index is 11.6. The molecule has 2 heterocycles. The third-order valence-electron chi connectivity index (χ3n) is 3.15. The van der Waals surface area contributed by atoms with Gasteiger partial charge in [-0.1, -0.05) is 42.1 Å². The first-order valence-electron chi connectivity index (χ1n) is 6.85. The fourth-order valence-corrected chi connectivity index (χ4v) is 2.88. The summed E-state index contributed by atoms with van der Waals surface area (Å²) in [5, 5.41) is 12.4. The Balaban J connectivity index is 1.69. The number of tetrazole rings is 1. The summed E-state index contributed by atoms with van der Waals surface area (Å²) in [7, 11) is 1.32. The van der Waals surface area contributed by atoms with Gasteiger partial charge in [0.25, 0.3) is 0 Å². The van der Waals surface area contributed by atoms with Crippen molar-refractivity contribution in [3.8, 4) is 0 Å². The molecule has 0 spiro atoms. The van der Waals surface area contributed by atoms with Crippen LogP contribution in [-0.2, 0) is 17.0 Å². The number of ether oxygens (including phenoxy) is 1. The summed E-state index contributed by atoms with van der Waals surface area (Å²) in [6.45, 7) is 0.589. The monoisotopic (exact) mass is 330 g/mol. The smallest absolute Gasteiger partial charge is 0.374 e. The van der Waals surface area contributed by atoms with Gasteiger partial charge in [-0.2, -0.15) is 0 Å². The molecule has 7 nitrogen and oxygen atoms in total. The second-order valence-electron chi connectivity index (χ2n) is 4.66. The number of esters is 1. The van der Waals surface area contributed by atoms with E-state index in [0.717, 1.165) is 11.1 Å². The van der Waals surface area contributed by atoms with Gasteiger partial charge in [0.05, 0.1) is 19.9 Å². The summed E-state index contributed by atoms with van der Waals surface area (Å²) in [5.41, 5.74) is 1.86. The van der Waals surface area contributed by atoms with Gasteiger partial charge in [-0.3, -0.25) is 0 Å². The Kier molecular flexibility index (Phi) is 4.72. The van der Waals surface area contributed by atoms with Crippen LogP contribution in [0.2, 0.25) is 0 Å². The van der Waals surface area contributed by atoms with Crippen LogP contribution in [0.1, 0.15) is 21.7 Å². The van der Waals surface area contributed by atoms with Crippen molar-refractivity contribution in [1.82, 2.24) is 20.2 Å². The number of methoxy groups -OCH3 is 1. The zero-order valence-corrected chi connectivity index (χ0v) is 13.2. The minimum Gasteiger partial charge on any atom is -0.463 e. The largest absolute Gasteiger partial charge is 0.463 e. The van der Waals surface area contributed by atoms with Gasteiger partial charge in [0.2, 0.25) is 10.9 Å². The molecule has 3 aromatic rings. The Morgan fingerprint density at radius 2 is 2.13 bits per heavy atom. The van der Waals surface area contributed by atoms with Crippen molar-refractivity contribution in [3.63, 3.8) is 0 Å². The minimum atomic E-state index is -0.491. The van der Waals surface area contributed by atoms with Crippen molar-refractivity contribution in [2.24, 2.45) is 0 Å². The number of rotatable bonds is 6. The lowest BCUT2D eigenvalue weighted by atomic mass is 10.2. The van der Waals surface area contributed by atoms with Crippen molar-refractivity contribution >= 4 is 17.7 Å². The highest BCUT2D eigenvalue weighted by molar-refractivity contribution is 7.98. The number of nitrogens with zero attached hydrogens (tertiary/aromatic N) is 4. The van der Waals surface area contributed by atoms with E-state index in [1.165, 1.54) is 25.1 Å². The predicted octanol–water partition coefficient (Wildman–Crippen LogP) is 2.39. The SMILES string of the molecule is COC(=O)c1occc1CSc1nnnn1Cc1ccccc1. The summed E-state index contributed by atoms with van der Waals surface area (Å²) >= 11 is 1.43. The lowest BCUT2D eigenvalue weighted by Gasteiger charge is -2.04. The van der Waals surface area contributed by atoms with Crippen LogP contribution >= 0.6 is 11.8 Å². The molecule has 1 aromatic carbocycles. The van der Waals surface area contributed by atoms with E-state index in [4.69, 9.17) is 4.42 Å². The highest BCUT2D eigenvalue weighted by atomic mass is 32.2. The average molecular weight is 330 g/mol. The molecular weight excluding hydrogens is 316 g/mol. The van der Waals surface area contributed by atoms with Crippen LogP contribution in [-0.4, -0.2) is 33.3 Å². The maximum Gasteiger partial charge on any atom is 0.374 e. The van der Waals surface area contributed by atoms with Crippen molar-refractivity contribution in [3.05, 3.63) is 59.5 Å². The summed E-state index contributed by atoms with van der Waals surface area (Å²) in [5.74, 6) is 0.229. The number of hydrogen-bond donors (Lipinski definition) is 0. The number of benzene rings is 1. The lowest BCUT2D eigenvalue weighted by molar-refractivity contribution is 0.0564. The molecule has 118 valence electrons. The normalized spacial score (nSPS) is 10.7. The Hall–Kier alpha value is -2.61. The van der Waals surface area contributed by atoms with Crippen LogP contribution < -0.4 is 0 Å². The van der Waals surface area contributed by atoms with Gasteiger partial charge in [0.1, 0.15) is 0 Å². The van der Waals surface area contributed by atoms with E-state index in [-0.39, 0.29) is 5.76 Å². The van der Waals surface area contributed by atoms with Gasteiger partial charge in [-0.05, 0) is 22.1 Å². The fraction of sp³-hybridized carbons (Fsp3) is 0.200. The summed E-state index contributed by atoms with van der Waals surface area (Å²) in [6.07, 6.45) is 1.47. The van der Waals surface area contributed by atoms with E-state index >= 15 is 0 Å². The Morgan fingerprint density at radius 1 is 1.30 bits per heavy atom. The van der Waals surface area contributed by atoms with Crippen LogP contribution in [0.5, 0.6) is 0 Å². The number of carbonyl (C=O) groups is 1. The third kappa shape index (κ3) is 3.59. The molecule has 0 fully saturated rings. The number of furan rings is 1.